The van der Waals surface area contributed by atoms with Crippen LogP contribution < -0.4 is 15.0 Å². The van der Waals surface area contributed by atoms with Crippen molar-refractivity contribution in [3.05, 3.63) is 41.4 Å². The topological polar surface area (TPSA) is 57.7 Å². The van der Waals surface area contributed by atoms with Crippen molar-refractivity contribution in [1.82, 2.24) is 15.2 Å². The fraction of sp³-hybridized carbons (Fsp3) is 0.412. The molecule has 1 aliphatic rings. The molecule has 1 saturated heterocycles. The van der Waals surface area contributed by atoms with E-state index in [9.17, 15) is 4.79 Å². The lowest BCUT2D eigenvalue weighted by molar-refractivity contribution is 0.191. The van der Waals surface area contributed by atoms with E-state index >= 15 is 0 Å². The zero-order valence-electron chi connectivity index (χ0n) is 13.8. The summed E-state index contributed by atoms with van der Waals surface area (Å²) in [5.74, 6) is 0.865. The zero-order valence-corrected chi connectivity index (χ0v) is 14.6. The highest BCUT2D eigenvalue weighted by Gasteiger charge is 2.21. The molecule has 0 spiro atoms. The van der Waals surface area contributed by atoms with Crippen molar-refractivity contribution in [3.63, 3.8) is 0 Å². The summed E-state index contributed by atoms with van der Waals surface area (Å²) in [6, 6.07) is 7.85. The third-order valence-corrected chi connectivity index (χ3v) is 4.82. The van der Waals surface area contributed by atoms with Crippen LogP contribution in [-0.2, 0) is 0 Å². The lowest BCUT2D eigenvalue weighted by atomic mass is 10.2. The number of urea groups is 1. The van der Waals surface area contributed by atoms with E-state index < -0.39 is 0 Å². The highest BCUT2D eigenvalue weighted by Crippen LogP contribution is 2.19. The quantitative estimate of drug-likeness (QED) is 0.845. The number of nitrogens with one attached hydrogen (secondary N) is 1. The summed E-state index contributed by atoms with van der Waals surface area (Å²) in [6.45, 7) is 6.04. The van der Waals surface area contributed by atoms with Crippen LogP contribution >= 0.6 is 11.3 Å². The molecule has 1 N–H and O–H groups in total. The Hall–Kier alpha value is -2.28. The minimum Gasteiger partial charge on any atom is -0.491 e. The number of para-hydroxylation sites is 1. The average Bonchev–Trinajstić information content (AvgIpc) is 3.15. The second-order valence-corrected chi connectivity index (χ2v) is 6.51. The molecule has 2 aromatic rings. The highest BCUT2D eigenvalue weighted by molar-refractivity contribution is 7.13. The van der Waals surface area contributed by atoms with E-state index in [1.54, 1.807) is 11.3 Å². The summed E-state index contributed by atoms with van der Waals surface area (Å²) in [7, 11) is 0. The van der Waals surface area contributed by atoms with Crippen molar-refractivity contribution in [2.75, 3.05) is 44.2 Å². The summed E-state index contributed by atoms with van der Waals surface area (Å²) in [5, 5.41) is 5.93. The largest absolute Gasteiger partial charge is 0.491 e. The van der Waals surface area contributed by atoms with Crippen LogP contribution in [0.1, 0.15) is 5.56 Å². The van der Waals surface area contributed by atoms with Gasteiger partial charge in [0.1, 0.15) is 12.4 Å². The van der Waals surface area contributed by atoms with E-state index in [4.69, 9.17) is 4.74 Å². The second kappa shape index (κ2) is 8.01. The molecule has 6 nitrogen and oxygen atoms in total. The van der Waals surface area contributed by atoms with Gasteiger partial charge in [0.15, 0.2) is 5.13 Å². The van der Waals surface area contributed by atoms with E-state index in [1.165, 1.54) is 0 Å². The van der Waals surface area contributed by atoms with Crippen molar-refractivity contribution in [1.29, 1.82) is 0 Å². The van der Waals surface area contributed by atoms with E-state index in [-0.39, 0.29) is 6.03 Å². The fourth-order valence-electron chi connectivity index (χ4n) is 2.62. The molecule has 1 aromatic carbocycles. The van der Waals surface area contributed by atoms with Crippen LogP contribution in [-0.4, -0.2) is 55.2 Å². The average molecular weight is 346 g/mol. The van der Waals surface area contributed by atoms with E-state index in [1.807, 2.05) is 47.7 Å². The molecule has 1 aliphatic heterocycles. The Morgan fingerprint density at radius 1 is 1.29 bits per heavy atom. The number of anilines is 1. The first-order valence-electron chi connectivity index (χ1n) is 8.09. The SMILES string of the molecule is Cc1ccccc1OCCNC(=O)N1CCN(c2nccs2)CC1. The molecule has 0 unspecified atom stereocenters. The third kappa shape index (κ3) is 4.17. The van der Waals surface area contributed by atoms with Gasteiger partial charge in [-0.25, -0.2) is 9.78 Å². The van der Waals surface area contributed by atoms with Crippen LogP contribution in [0.2, 0.25) is 0 Å². The van der Waals surface area contributed by atoms with Crippen molar-refractivity contribution in [2.45, 2.75) is 6.92 Å². The molecule has 2 amide bonds. The zero-order chi connectivity index (χ0) is 16.8. The van der Waals surface area contributed by atoms with Crippen LogP contribution in [0.15, 0.2) is 35.8 Å². The maximum Gasteiger partial charge on any atom is 0.317 e. The molecule has 0 aliphatic carbocycles. The molecule has 24 heavy (non-hydrogen) atoms. The maximum absolute atomic E-state index is 12.2. The third-order valence-electron chi connectivity index (χ3n) is 3.99. The number of aromatic nitrogens is 1. The Morgan fingerprint density at radius 3 is 2.79 bits per heavy atom. The van der Waals surface area contributed by atoms with Gasteiger partial charge in [-0.15, -0.1) is 11.3 Å². The summed E-state index contributed by atoms with van der Waals surface area (Å²) in [5.41, 5.74) is 1.10. The van der Waals surface area contributed by atoms with E-state index in [0.717, 1.165) is 29.5 Å². The van der Waals surface area contributed by atoms with E-state index in [2.05, 4.69) is 15.2 Å². The Labute approximate surface area is 146 Å². The smallest absolute Gasteiger partial charge is 0.317 e. The van der Waals surface area contributed by atoms with Crippen molar-refractivity contribution >= 4 is 22.5 Å². The number of carbonyl (C=O) groups is 1. The highest BCUT2D eigenvalue weighted by atomic mass is 32.1. The van der Waals surface area contributed by atoms with Gasteiger partial charge in [-0.1, -0.05) is 18.2 Å². The molecule has 0 saturated carbocycles. The maximum atomic E-state index is 12.2. The standard InChI is InChI=1S/C17H22N4O2S/c1-14-4-2-3-5-15(14)23-12-6-18-16(22)20-8-10-21(11-9-20)17-19-7-13-24-17/h2-5,7,13H,6,8-12H2,1H3,(H,18,22). The Kier molecular flexibility index (Phi) is 5.53. The number of carbonyl (C=O) groups excluding carboxylic acids is 1. The first-order chi connectivity index (χ1) is 11.7. The first kappa shape index (κ1) is 16.6. The number of amides is 2. The fourth-order valence-corrected chi connectivity index (χ4v) is 3.32. The van der Waals surface area contributed by atoms with Crippen LogP contribution in [0.3, 0.4) is 0 Å². The van der Waals surface area contributed by atoms with Crippen molar-refractivity contribution in [3.8, 4) is 5.75 Å². The Morgan fingerprint density at radius 2 is 2.08 bits per heavy atom. The molecule has 128 valence electrons. The first-order valence-corrected chi connectivity index (χ1v) is 8.97. The van der Waals surface area contributed by atoms with Crippen LogP contribution in [0.25, 0.3) is 0 Å². The molecule has 0 atom stereocenters. The van der Waals surface area contributed by atoms with Gasteiger partial charge in [0.25, 0.3) is 0 Å². The number of aryl methyl sites for hydroxylation is 1. The second-order valence-electron chi connectivity index (χ2n) is 5.63. The number of hydrogen-bond acceptors (Lipinski definition) is 5. The number of piperazine rings is 1. The predicted molar refractivity (Wildman–Crippen MR) is 96.0 cm³/mol. The number of thiazole rings is 1. The summed E-state index contributed by atoms with van der Waals surface area (Å²) >= 11 is 1.63. The number of ether oxygens (including phenoxy) is 1. The van der Waals surface area contributed by atoms with E-state index in [0.29, 0.717) is 26.2 Å². The van der Waals surface area contributed by atoms with Crippen LogP contribution in [0.4, 0.5) is 9.93 Å². The molecule has 7 heteroatoms. The van der Waals surface area contributed by atoms with Gasteiger partial charge in [-0.3, -0.25) is 0 Å². The normalized spacial score (nSPS) is 14.5. The lowest BCUT2D eigenvalue weighted by Crippen LogP contribution is -2.52. The Bertz CT molecular complexity index is 654. The lowest BCUT2D eigenvalue weighted by Gasteiger charge is -2.34. The van der Waals surface area contributed by atoms with Crippen molar-refractivity contribution in [2.24, 2.45) is 0 Å². The van der Waals surface area contributed by atoms with Crippen molar-refractivity contribution < 1.29 is 9.53 Å². The number of benzene rings is 1. The number of rotatable bonds is 5. The predicted octanol–water partition coefficient (Wildman–Crippen LogP) is 2.36. The summed E-state index contributed by atoms with van der Waals surface area (Å²) in [4.78, 5) is 20.6. The number of hydrogen-bond donors (Lipinski definition) is 1. The Balaban J connectivity index is 1.36. The van der Waals surface area contributed by atoms with Gasteiger partial charge in [-0.05, 0) is 18.6 Å². The molecular formula is C17H22N4O2S. The molecule has 2 heterocycles. The molecule has 1 fully saturated rings. The van der Waals surface area contributed by atoms with Gasteiger partial charge in [0, 0.05) is 37.8 Å². The van der Waals surface area contributed by atoms with Gasteiger partial charge in [0.2, 0.25) is 0 Å². The van der Waals surface area contributed by atoms with Gasteiger partial charge in [-0.2, -0.15) is 0 Å². The monoisotopic (exact) mass is 346 g/mol. The van der Waals surface area contributed by atoms with Crippen LogP contribution in [0.5, 0.6) is 5.75 Å². The molecule has 1 aromatic heterocycles. The van der Waals surface area contributed by atoms with Crippen LogP contribution in [0, 0.1) is 6.92 Å². The molecular weight excluding hydrogens is 324 g/mol. The minimum atomic E-state index is -0.0258. The van der Waals surface area contributed by atoms with Gasteiger partial charge in [0.05, 0.1) is 6.54 Å². The summed E-state index contributed by atoms with van der Waals surface area (Å²) in [6.07, 6.45) is 1.81. The molecule has 0 radical (unpaired) electrons. The number of nitrogens with zero attached hydrogens (tertiary/aromatic N) is 3. The van der Waals surface area contributed by atoms with Gasteiger partial charge >= 0.3 is 6.03 Å². The van der Waals surface area contributed by atoms with Gasteiger partial charge < -0.3 is 19.9 Å². The minimum absolute atomic E-state index is 0.0258. The summed E-state index contributed by atoms with van der Waals surface area (Å²) < 4.78 is 5.69. The molecule has 3 rings (SSSR count). The molecule has 0 bridgehead atoms.